The van der Waals surface area contributed by atoms with Gasteiger partial charge in [0, 0.05) is 11.6 Å². The van der Waals surface area contributed by atoms with Crippen molar-refractivity contribution in [3.8, 4) is 0 Å². The Bertz CT molecular complexity index is 686. The second-order valence-electron chi connectivity index (χ2n) is 4.88. The largest absolute Gasteiger partial charge is 0.389 e. The highest BCUT2D eigenvalue weighted by atomic mass is 32.1. The molecule has 0 bridgehead atoms. The molecule has 0 spiro atoms. The van der Waals surface area contributed by atoms with E-state index in [0.29, 0.717) is 0 Å². The number of nitrogens with two attached hydrogens (primary N) is 1. The van der Waals surface area contributed by atoms with Crippen LogP contribution < -0.4 is 11.1 Å². The minimum absolute atomic E-state index is 0.0863. The van der Waals surface area contributed by atoms with Crippen LogP contribution in [0.3, 0.4) is 0 Å². The Kier molecular flexibility index (Phi) is 4.53. The molecule has 0 aromatic heterocycles. The Morgan fingerprint density at radius 3 is 2.43 bits per heavy atom. The van der Waals surface area contributed by atoms with Crippen LogP contribution in [-0.4, -0.2) is 4.99 Å². The topological polar surface area (TPSA) is 38.0 Å². The summed E-state index contributed by atoms with van der Waals surface area (Å²) >= 11 is 4.68. The Hall–Kier alpha value is -2.01. The van der Waals surface area contributed by atoms with Crippen molar-refractivity contribution in [2.45, 2.75) is 19.9 Å². The Balaban J connectivity index is 2.30. The van der Waals surface area contributed by atoms with Gasteiger partial charge in [-0.05, 0) is 37.1 Å². The van der Waals surface area contributed by atoms with Crippen molar-refractivity contribution in [1.82, 2.24) is 0 Å². The molecule has 2 aromatic carbocycles. The van der Waals surface area contributed by atoms with Crippen LogP contribution >= 0.6 is 12.2 Å². The highest BCUT2D eigenvalue weighted by Gasteiger charge is 2.17. The molecule has 0 aliphatic carbocycles. The molecule has 0 saturated carbocycles. The third-order valence-corrected chi connectivity index (χ3v) is 3.59. The van der Waals surface area contributed by atoms with Gasteiger partial charge in [0.05, 0.1) is 5.69 Å². The maximum Gasteiger partial charge on any atom is 0.182 e. The maximum atomic E-state index is 14.0. The second-order valence-corrected chi connectivity index (χ2v) is 5.32. The standard InChI is InChI=1S/C16H16F2N2S/c1-9-5-3-4-6-11(9)10(2)20-13-8-7-12(16(19)21)14(17)15(13)18/h3-8,10,20H,1-2H3,(H2,19,21). The fourth-order valence-electron chi connectivity index (χ4n) is 2.23. The van der Waals surface area contributed by atoms with Crippen LogP contribution in [0.5, 0.6) is 0 Å². The molecule has 2 aromatic rings. The lowest BCUT2D eigenvalue weighted by Gasteiger charge is -2.19. The van der Waals surface area contributed by atoms with Crippen LogP contribution in [-0.2, 0) is 0 Å². The van der Waals surface area contributed by atoms with Gasteiger partial charge in [-0.1, -0.05) is 36.5 Å². The van der Waals surface area contributed by atoms with E-state index in [2.05, 4.69) is 17.5 Å². The van der Waals surface area contributed by atoms with Crippen molar-refractivity contribution in [1.29, 1.82) is 0 Å². The van der Waals surface area contributed by atoms with Gasteiger partial charge >= 0.3 is 0 Å². The van der Waals surface area contributed by atoms with E-state index in [1.807, 2.05) is 38.1 Å². The number of nitrogens with one attached hydrogen (secondary N) is 1. The summed E-state index contributed by atoms with van der Waals surface area (Å²) < 4.78 is 27.9. The lowest BCUT2D eigenvalue weighted by atomic mass is 10.0. The van der Waals surface area contributed by atoms with Gasteiger partial charge in [-0.15, -0.1) is 0 Å². The van der Waals surface area contributed by atoms with E-state index in [0.717, 1.165) is 11.1 Å². The summed E-state index contributed by atoms with van der Waals surface area (Å²) in [6.07, 6.45) is 0. The average molecular weight is 306 g/mol. The third-order valence-electron chi connectivity index (χ3n) is 3.37. The number of thiocarbonyl (C=S) groups is 1. The Labute approximate surface area is 128 Å². The van der Waals surface area contributed by atoms with Gasteiger partial charge in [-0.2, -0.15) is 0 Å². The van der Waals surface area contributed by atoms with E-state index in [1.54, 1.807) is 0 Å². The van der Waals surface area contributed by atoms with Gasteiger partial charge in [0.25, 0.3) is 0 Å². The van der Waals surface area contributed by atoms with Crippen LogP contribution in [0.15, 0.2) is 36.4 Å². The summed E-state index contributed by atoms with van der Waals surface area (Å²) in [5.74, 6) is -2.00. The molecule has 1 unspecified atom stereocenters. The molecule has 0 radical (unpaired) electrons. The van der Waals surface area contributed by atoms with Crippen LogP contribution in [0.1, 0.15) is 29.7 Å². The zero-order valence-electron chi connectivity index (χ0n) is 11.8. The SMILES string of the molecule is Cc1ccccc1C(C)Nc1ccc(C(N)=S)c(F)c1F. The summed E-state index contributed by atoms with van der Waals surface area (Å²) in [5, 5.41) is 2.98. The van der Waals surface area contributed by atoms with E-state index in [1.165, 1.54) is 12.1 Å². The highest BCUT2D eigenvalue weighted by molar-refractivity contribution is 7.80. The number of anilines is 1. The smallest absolute Gasteiger partial charge is 0.182 e. The third kappa shape index (κ3) is 3.19. The maximum absolute atomic E-state index is 14.0. The summed E-state index contributed by atoms with van der Waals surface area (Å²) in [7, 11) is 0. The Morgan fingerprint density at radius 1 is 1.14 bits per heavy atom. The lowest BCUT2D eigenvalue weighted by molar-refractivity contribution is 0.508. The van der Waals surface area contributed by atoms with Crippen LogP contribution in [0, 0.1) is 18.6 Å². The quantitative estimate of drug-likeness (QED) is 0.836. The van der Waals surface area contributed by atoms with Crippen molar-refractivity contribution in [3.05, 3.63) is 64.7 Å². The first kappa shape index (κ1) is 15.4. The normalized spacial score (nSPS) is 12.0. The fraction of sp³-hybridized carbons (Fsp3) is 0.188. The molecule has 21 heavy (non-hydrogen) atoms. The zero-order valence-corrected chi connectivity index (χ0v) is 12.6. The molecular weight excluding hydrogens is 290 g/mol. The minimum Gasteiger partial charge on any atom is -0.389 e. The molecule has 0 aliphatic rings. The van der Waals surface area contributed by atoms with E-state index < -0.39 is 11.6 Å². The molecule has 1 atom stereocenters. The Morgan fingerprint density at radius 2 is 1.81 bits per heavy atom. The first-order valence-corrected chi connectivity index (χ1v) is 6.92. The highest BCUT2D eigenvalue weighted by Crippen LogP contribution is 2.26. The number of benzene rings is 2. The molecular formula is C16H16F2N2S. The van der Waals surface area contributed by atoms with Gasteiger partial charge in [-0.25, -0.2) is 8.78 Å². The molecule has 0 aliphatic heterocycles. The van der Waals surface area contributed by atoms with Gasteiger partial charge < -0.3 is 11.1 Å². The molecule has 2 rings (SSSR count). The second kappa shape index (κ2) is 6.18. The van der Waals surface area contributed by atoms with Crippen molar-refractivity contribution in [2.24, 2.45) is 5.73 Å². The van der Waals surface area contributed by atoms with Gasteiger partial charge in [0.1, 0.15) is 4.99 Å². The van der Waals surface area contributed by atoms with E-state index >= 15 is 0 Å². The van der Waals surface area contributed by atoms with Crippen molar-refractivity contribution in [2.75, 3.05) is 5.32 Å². The summed E-state index contributed by atoms with van der Waals surface area (Å²) in [5.41, 5.74) is 7.46. The molecule has 0 saturated heterocycles. The number of aryl methyl sites for hydroxylation is 1. The van der Waals surface area contributed by atoms with Gasteiger partial charge in [0.2, 0.25) is 0 Å². The van der Waals surface area contributed by atoms with Gasteiger partial charge in [0.15, 0.2) is 11.6 Å². The summed E-state index contributed by atoms with van der Waals surface area (Å²) in [6, 6.07) is 10.4. The number of halogens is 2. The first-order valence-electron chi connectivity index (χ1n) is 6.51. The van der Waals surface area contributed by atoms with Crippen molar-refractivity contribution >= 4 is 22.9 Å². The van der Waals surface area contributed by atoms with E-state index in [-0.39, 0.29) is 22.3 Å². The predicted octanol–water partition coefficient (Wildman–Crippen LogP) is 4.08. The number of hydrogen-bond donors (Lipinski definition) is 2. The van der Waals surface area contributed by atoms with Gasteiger partial charge in [-0.3, -0.25) is 0 Å². The van der Waals surface area contributed by atoms with Crippen LogP contribution in [0.2, 0.25) is 0 Å². The molecule has 2 nitrogen and oxygen atoms in total. The van der Waals surface area contributed by atoms with E-state index in [9.17, 15) is 8.78 Å². The molecule has 110 valence electrons. The summed E-state index contributed by atoms with van der Waals surface area (Å²) in [4.78, 5) is -0.162. The zero-order chi connectivity index (χ0) is 15.6. The first-order chi connectivity index (χ1) is 9.91. The average Bonchev–Trinajstić information content (AvgIpc) is 2.44. The number of rotatable bonds is 4. The molecule has 0 amide bonds. The molecule has 3 N–H and O–H groups in total. The lowest BCUT2D eigenvalue weighted by Crippen LogP contribution is -2.15. The summed E-state index contributed by atoms with van der Waals surface area (Å²) in [6.45, 7) is 3.86. The molecule has 0 heterocycles. The number of hydrogen-bond acceptors (Lipinski definition) is 2. The molecule has 5 heteroatoms. The predicted molar refractivity (Wildman–Crippen MR) is 85.5 cm³/mol. The van der Waals surface area contributed by atoms with Crippen molar-refractivity contribution in [3.63, 3.8) is 0 Å². The molecule has 0 fully saturated rings. The van der Waals surface area contributed by atoms with E-state index in [4.69, 9.17) is 5.73 Å². The van der Waals surface area contributed by atoms with Crippen molar-refractivity contribution < 1.29 is 8.78 Å². The van der Waals surface area contributed by atoms with Crippen LogP contribution in [0.25, 0.3) is 0 Å². The monoisotopic (exact) mass is 306 g/mol. The fourth-order valence-corrected chi connectivity index (χ4v) is 2.39. The minimum atomic E-state index is -1.02. The van der Waals surface area contributed by atoms with Crippen LogP contribution in [0.4, 0.5) is 14.5 Å².